The van der Waals surface area contributed by atoms with Crippen molar-refractivity contribution in [1.82, 2.24) is 4.98 Å². The fourth-order valence-electron chi connectivity index (χ4n) is 4.22. The summed E-state index contributed by atoms with van der Waals surface area (Å²) >= 11 is 1.68. The average molecular weight is 454 g/mol. The Balaban J connectivity index is 2.06. The first-order valence-corrected chi connectivity index (χ1v) is 11.9. The van der Waals surface area contributed by atoms with Crippen LogP contribution in [0.1, 0.15) is 61.1 Å². The summed E-state index contributed by atoms with van der Waals surface area (Å²) in [5, 5.41) is 1.12. The second-order valence-corrected chi connectivity index (χ2v) is 10.3. The number of esters is 1. The van der Waals surface area contributed by atoms with E-state index in [4.69, 9.17) is 19.2 Å². The molecule has 32 heavy (non-hydrogen) atoms. The largest absolute Gasteiger partial charge is 0.464 e. The summed E-state index contributed by atoms with van der Waals surface area (Å²) in [5.41, 5.74) is 5.58. The van der Waals surface area contributed by atoms with Crippen LogP contribution in [-0.4, -0.2) is 29.8 Å². The van der Waals surface area contributed by atoms with Gasteiger partial charge < -0.3 is 14.2 Å². The molecule has 0 radical (unpaired) electrons. The molecular weight excluding hydrogens is 422 g/mol. The molecule has 0 saturated heterocycles. The number of carbonyl (C=O) groups excluding carboxylic acids is 1. The van der Waals surface area contributed by atoms with Gasteiger partial charge in [0.2, 0.25) is 0 Å². The molecule has 0 saturated carbocycles. The molecule has 0 bridgehead atoms. The first-order valence-electron chi connectivity index (χ1n) is 11.1. The minimum Gasteiger partial charge on any atom is -0.464 e. The van der Waals surface area contributed by atoms with Crippen molar-refractivity contribution in [3.8, 4) is 11.1 Å². The van der Waals surface area contributed by atoms with Gasteiger partial charge in [-0.25, -0.2) is 9.78 Å². The first-order chi connectivity index (χ1) is 15.2. The van der Waals surface area contributed by atoms with Crippen molar-refractivity contribution in [1.29, 1.82) is 0 Å². The van der Waals surface area contributed by atoms with Gasteiger partial charge >= 0.3 is 5.97 Å². The van der Waals surface area contributed by atoms with Crippen LogP contribution in [-0.2, 0) is 32.0 Å². The molecule has 2 aromatic heterocycles. The van der Waals surface area contributed by atoms with Gasteiger partial charge in [0.15, 0.2) is 6.10 Å². The molecule has 5 nitrogen and oxygen atoms in total. The Morgan fingerprint density at radius 2 is 1.94 bits per heavy atom. The van der Waals surface area contributed by atoms with E-state index in [0.29, 0.717) is 19.8 Å². The van der Waals surface area contributed by atoms with Crippen LogP contribution in [0.2, 0.25) is 0 Å². The maximum absolute atomic E-state index is 13.2. The van der Waals surface area contributed by atoms with Crippen molar-refractivity contribution in [3.63, 3.8) is 0 Å². The number of nitrogens with zero attached hydrogens (tertiary/aromatic N) is 1. The Bertz CT molecular complexity index is 1140. The molecule has 3 aromatic rings. The lowest BCUT2D eigenvalue weighted by atomic mass is 9.89. The van der Waals surface area contributed by atoms with E-state index in [1.54, 1.807) is 11.3 Å². The number of carbonyl (C=O) groups is 1. The molecular formula is C26H31NO4S. The highest BCUT2D eigenvalue weighted by atomic mass is 32.1. The number of thiophene rings is 1. The molecule has 6 heteroatoms. The van der Waals surface area contributed by atoms with Crippen LogP contribution in [0.4, 0.5) is 0 Å². The number of benzene rings is 1. The van der Waals surface area contributed by atoms with Gasteiger partial charge in [0.25, 0.3) is 0 Å². The van der Waals surface area contributed by atoms with E-state index in [9.17, 15) is 4.79 Å². The molecule has 3 heterocycles. The fourth-order valence-corrected chi connectivity index (χ4v) is 5.43. The molecule has 170 valence electrons. The van der Waals surface area contributed by atoms with Crippen molar-refractivity contribution in [2.45, 2.75) is 66.3 Å². The lowest BCUT2D eigenvalue weighted by Gasteiger charge is -2.29. The Kier molecular flexibility index (Phi) is 6.39. The predicted molar refractivity (Wildman–Crippen MR) is 128 cm³/mol. The summed E-state index contributed by atoms with van der Waals surface area (Å²) in [6.45, 7) is 13.3. The SMILES string of the molecule is CCOC(=O)C(OC(C)(C)C)c1c(C)nc2sc3c(c2c1-c1ccc(C)cc1)CCOC3. The normalized spacial score (nSPS) is 14.9. The number of fused-ring (bicyclic) bond motifs is 3. The quantitative estimate of drug-likeness (QED) is 0.439. The van der Waals surface area contributed by atoms with Crippen molar-refractivity contribution >= 4 is 27.5 Å². The van der Waals surface area contributed by atoms with Crippen molar-refractivity contribution in [2.75, 3.05) is 13.2 Å². The molecule has 1 unspecified atom stereocenters. The summed E-state index contributed by atoms with van der Waals surface area (Å²) in [6.07, 6.45) is -0.0266. The zero-order valence-corrected chi connectivity index (χ0v) is 20.5. The molecule has 0 aliphatic carbocycles. The van der Waals surface area contributed by atoms with Crippen molar-refractivity contribution in [3.05, 3.63) is 51.5 Å². The molecule has 0 amide bonds. The van der Waals surface area contributed by atoms with E-state index in [1.807, 2.05) is 34.6 Å². The number of aromatic nitrogens is 1. The van der Waals surface area contributed by atoms with Crippen LogP contribution in [0.15, 0.2) is 24.3 Å². The van der Waals surface area contributed by atoms with E-state index in [2.05, 4.69) is 31.2 Å². The van der Waals surface area contributed by atoms with Crippen LogP contribution in [0, 0.1) is 13.8 Å². The minimum absolute atomic E-state index is 0.294. The van der Waals surface area contributed by atoms with Gasteiger partial charge in [0.05, 0.1) is 25.4 Å². The molecule has 0 fully saturated rings. The Morgan fingerprint density at radius 3 is 2.59 bits per heavy atom. The van der Waals surface area contributed by atoms with Crippen LogP contribution in [0.3, 0.4) is 0 Å². The van der Waals surface area contributed by atoms with Crippen LogP contribution in [0.25, 0.3) is 21.3 Å². The Labute approximate surface area is 193 Å². The Hall–Kier alpha value is -2.28. The molecule has 1 aliphatic rings. The van der Waals surface area contributed by atoms with Gasteiger partial charge in [0, 0.05) is 27.1 Å². The van der Waals surface area contributed by atoms with Gasteiger partial charge in [-0.1, -0.05) is 29.8 Å². The highest BCUT2D eigenvalue weighted by molar-refractivity contribution is 7.19. The van der Waals surface area contributed by atoms with Crippen LogP contribution in [0.5, 0.6) is 0 Å². The van der Waals surface area contributed by atoms with E-state index in [1.165, 1.54) is 16.0 Å². The van der Waals surface area contributed by atoms with Gasteiger partial charge in [-0.3, -0.25) is 0 Å². The number of hydrogen-bond acceptors (Lipinski definition) is 6. The lowest BCUT2D eigenvalue weighted by molar-refractivity contribution is -0.166. The smallest absolute Gasteiger partial charge is 0.340 e. The van der Waals surface area contributed by atoms with Crippen LogP contribution >= 0.6 is 11.3 Å². The average Bonchev–Trinajstić information content (AvgIpc) is 3.09. The highest BCUT2D eigenvalue weighted by Crippen LogP contribution is 2.45. The van der Waals surface area contributed by atoms with Gasteiger partial charge in [0.1, 0.15) is 4.83 Å². The van der Waals surface area contributed by atoms with E-state index < -0.39 is 11.7 Å². The zero-order valence-electron chi connectivity index (χ0n) is 19.7. The maximum atomic E-state index is 13.2. The third-order valence-electron chi connectivity index (χ3n) is 5.55. The number of hydrogen-bond donors (Lipinski definition) is 0. The van der Waals surface area contributed by atoms with E-state index in [0.717, 1.165) is 39.0 Å². The second kappa shape index (κ2) is 8.93. The summed E-state index contributed by atoms with van der Waals surface area (Å²) in [4.78, 5) is 20.3. The van der Waals surface area contributed by atoms with Crippen LogP contribution < -0.4 is 0 Å². The molecule has 1 aliphatic heterocycles. The minimum atomic E-state index is -0.862. The molecule has 1 aromatic carbocycles. The van der Waals surface area contributed by atoms with Gasteiger partial charge in [-0.2, -0.15) is 0 Å². The highest BCUT2D eigenvalue weighted by Gasteiger charge is 2.35. The molecule has 0 spiro atoms. The molecule has 0 N–H and O–H groups in total. The van der Waals surface area contributed by atoms with E-state index in [-0.39, 0.29) is 5.97 Å². The summed E-state index contributed by atoms with van der Waals surface area (Å²) in [5.74, 6) is -0.382. The fraction of sp³-hybridized carbons (Fsp3) is 0.462. The molecule has 1 atom stereocenters. The number of ether oxygens (including phenoxy) is 3. The summed E-state index contributed by atoms with van der Waals surface area (Å²) in [6, 6.07) is 8.45. The standard InChI is InChI=1S/C26H31NO4S/c1-7-30-25(28)23(31-26(4,5)6)20-16(3)27-24-22(18-12-13-29-14-19(18)32-24)21(20)17-10-8-15(2)9-11-17/h8-11,23H,7,12-14H2,1-6H3. The third kappa shape index (κ3) is 4.45. The topological polar surface area (TPSA) is 57.7 Å². The molecule has 4 rings (SSSR count). The monoisotopic (exact) mass is 453 g/mol. The number of aryl methyl sites for hydroxylation is 2. The number of pyridine rings is 1. The van der Waals surface area contributed by atoms with Gasteiger partial charge in [-0.05, 0) is 59.1 Å². The zero-order chi connectivity index (χ0) is 23.0. The van der Waals surface area contributed by atoms with E-state index >= 15 is 0 Å². The maximum Gasteiger partial charge on any atom is 0.340 e. The lowest BCUT2D eigenvalue weighted by Crippen LogP contribution is -2.30. The first kappa shape index (κ1) is 22.9. The van der Waals surface area contributed by atoms with Gasteiger partial charge in [-0.15, -0.1) is 11.3 Å². The Morgan fingerprint density at radius 1 is 1.22 bits per heavy atom. The third-order valence-corrected chi connectivity index (χ3v) is 6.65. The van der Waals surface area contributed by atoms with Crippen molar-refractivity contribution < 1.29 is 19.0 Å². The number of rotatable bonds is 5. The second-order valence-electron chi connectivity index (χ2n) is 9.20. The van der Waals surface area contributed by atoms with Crippen molar-refractivity contribution in [2.24, 2.45) is 0 Å². The summed E-state index contributed by atoms with van der Waals surface area (Å²) < 4.78 is 17.5. The predicted octanol–water partition coefficient (Wildman–Crippen LogP) is 6.07. The summed E-state index contributed by atoms with van der Waals surface area (Å²) in [7, 11) is 0.